The number of carbonyl (C=O) groups excluding carboxylic acids is 2. The second-order valence-electron chi connectivity index (χ2n) is 5.94. The molecule has 0 amide bonds. The van der Waals surface area contributed by atoms with Crippen LogP contribution in [-0.2, 0) is 38.7 Å². The summed E-state index contributed by atoms with van der Waals surface area (Å²) in [6.45, 7) is 5.62. The van der Waals surface area contributed by atoms with E-state index < -0.39 is 33.5 Å². The average molecular weight is 413 g/mol. The van der Waals surface area contributed by atoms with Gasteiger partial charge in [-0.05, 0) is 13.3 Å². The largest absolute Gasteiger partial charge is 0.463 e. The molecule has 0 bridgehead atoms. The molecule has 0 heterocycles. The summed E-state index contributed by atoms with van der Waals surface area (Å²) in [6, 6.07) is 0. The van der Waals surface area contributed by atoms with Gasteiger partial charge in [0.2, 0.25) is 0 Å². The maximum atomic E-state index is 11.5. The molecular weight excluding hydrogens is 380 g/mol. The third kappa shape index (κ3) is 15.7. The molecule has 0 spiro atoms. The van der Waals surface area contributed by atoms with Crippen molar-refractivity contribution in [2.45, 2.75) is 51.2 Å². The van der Waals surface area contributed by atoms with Gasteiger partial charge in [0.15, 0.2) is 11.0 Å². The predicted octanol–water partition coefficient (Wildman–Crippen LogP) is 1.40. The minimum atomic E-state index is -4.63. The molecule has 160 valence electrons. The first kappa shape index (κ1) is 25.9. The van der Waals surface area contributed by atoms with E-state index in [0.29, 0.717) is 26.4 Å². The average Bonchev–Trinajstić information content (AvgIpc) is 2.58. The number of unbranched alkanes of at least 4 members (excludes halogenated alkanes) is 3. The molecule has 0 aromatic carbocycles. The van der Waals surface area contributed by atoms with Crippen LogP contribution in [0, 0.1) is 0 Å². The Morgan fingerprint density at radius 2 is 1.37 bits per heavy atom. The van der Waals surface area contributed by atoms with Gasteiger partial charge >= 0.3 is 5.97 Å². The van der Waals surface area contributed by atoms with Crippen LogP contribution in [-0.4, -0.2) is 76.2 Å². The molecule has 10 heteroatoms. The third-order valence-corrected chi connectivity index (χ3v) is 4.76. The Bertz CT molecular complexity index is 505. The smallest absolute Gasteiger partial charge is 0.307 e. The maximum Gasteiger partial charge on any atom is 0.307 e. The molecule has 0 aliphatic heterocycles. The van der Waals surface area contributed by atoms with Crippen molar-refractivity contribution in [3.8, 4) is 0 Å². The Balaban J connectivity index is 3.51. The molecule has 1 N–H and O–H groups in total. The van der Waals surface area contributed by atoms with E-state index in [1.807, 2.05) is 0 Å². The van der Waals surface area contributed by atoms with Gasteiger partial charge in [0.1, 0.15) is 6.61 Å². The van der Waals surface area contributed by atoms with Gasteiger partial charge in [0.25, 0.3) is 10.1 Å². The van der Waals surface area contributed by atoms with E-state index in [1.165, 1.54) is 19.3 Å². The van der Waals surface area contributed by atoms with Gasteiger partial charge in [-0.2, -0.15) is 8.42 Å². The molecule has 0 rings (SSSR count). The quantitative estimate of drug-likeness (QED) is 0.202. The van der Waals surface area contributed by atoms with E-state index in [1.54, 1.807) is 0 Å². The first-order valence-electron chi connectivity index (χ1n) is 9.14. The van der Waals surface area contributed by atoms with Crippen molar-refractivity contribution in [1.82, 2.24) is 0 Å². The van der Waals surface area contributed by atoms with Gasteiger partial charge < -0.3 is 18.9 Å². The maximum absolute atomic E-state index is 11.5. The summed E-state index contributed by atoms with van der Waals surface area (Å²) in [5.41, 5.74) is 0. The van der Waals surface area contributed by atoms with E-state index in [9.17, 15) is 18.0 Å². The van der Waals surface area contributed by atoms with Gasteiger partial charge in [-0.15, -0.1) is 0 Å². The molecule has 0 aliphatic rings. The van der Waals surface area contributed by atoms with E-state index in [0.717, 1.165) is 20.0 Å². The van der Waals surface area contributed by atoms with Crippen LogP contribution in [0.5, 0.6) is 0 Å². The number of carbonyl (C=O) groups is 2. The SMILES string of the molecule is CCCCCCOCCOCCOCCOC(=O)CC(C(C)=O)S(=O)(=O)O. The number of ketones is 1. The highest BCUT2D eigenvalue weighted by Crippen LogP contribution is 2.07. The lowest BCUT2D eigenvalue weighted by Gasteiger charge is -2.10. The van der Waals surface area contributed by atoms with Gasteiger partial charge in [0.05, 0.1) is 39.5 Å². The lowest BCUT2D eigenvalue weighted by atomic mass is 10.2. The summed E-state index contributed by atoms with van der Waals surface area (Å²) in [4.78, 5) is 22.6. The van der Waals surface area contributed by atoms with Crippen LogP contribution in [0.15, 0.2) is 0 Å². The van der Waals surface area contributed by atoms with E-state index >= 15 is 0 Å². The fraction of sp³-hybridized carbons (Fsp3) is 0.882. The molecule has 0 saturated heterocycles. The van der Waals surface area contributed by atoms with Crippen molar-refractivity contribution in [3.05, 3.63) is 0 Å². The molecule has 27 heavy (non-hydrogen) atoms. The summed E-state index contributed by atoms with van der Waals surface area (Å²) in [5, 5.41) is -1.80. The zero-order valence-corrected chi connectivity index (χ0v) is 17.0. The van der Waals surface area contributed by atoms with Crippen molar-refractivity contribution < 1.29 is 41.5 Å². The van der Waals surface area contributed by atoms with Crippen LogP contribution in [0.4, 0.5) is 0 Å². The Morgan fingerprint density at radius 1 is 0.852 bits per heavy atom. The van der Waals surface area contributed by atoms with Gasteiger partial charge in [0, 0.05) is 6.61 Å². The Labute approximate surface area is 161 Å². The number of hydrogen-bond donors (Lipinski definition) is 1. The number of hydrogen-bond acceptors (Lipinski definition) is 8. The van der Waals surface area contributed by atoms with Crippen LogP contribution in [0.3, 0.4) is 0 Å². The second-order valence-corrected chi connectivity index (χ2v) is 7.54. The Morgan fingerprint density at radius 3 is 1.85 bits per heavy atom. The molecule has 0 fully saturated rings. The van der Waals surface area contributed by atoms with Crippen LogP contribution in [0.1, 0.15) is 46.0 Å². The topological polar surface area (TPSA) is 125 Å². The fourth-order valence-corrected chi connectivity index (χ4v) is 2.82. The number of Topliss-reactive ketones (excluding diaryl/α,β-unsaturated/α-hetero) is 1. The second kappa shape index (κ2) is 15.9. The molecule has 0 aromatic rings. The molecule has 1 atom stereocenters. The molecule has 0 aromatic heterocycles. The van der Waals surface area contributed by atoms with Crippen LogP contribution < -0.4 is 0 Å². The third-order valence-electron chi connectivity index (χ3n) is 3.54. The number of rotatable bonds is 18. The van der Waals surface area contributed by atoms with Crippen molar-refractivity contribution >= 4 is 21.9 Å². The lowest BCUT2D eigenvalue weighted by molar-refractivity contribution is -0.146. The minimum absolute atomic E-state index is 0.0875. The van der Waals surface area contributed by atoms with E-state index in [4.69, 9.17) is 23.5 Å². The monoisotopic (exact) mass is 412 g/mol. The highest BCUT2D eigenvalue weighted by Gasteiger charge is 2.31. The van der Waals surface area contributed by atoms with Crippen LogP contribution in [0.25, 0.3) is 0 Å². The summed E-state index contributed by atoms with van der Waals surface area (Å²) in [6.07, 6.45) is 3.94. The van der Waals surface area contributed by atoms with Crippen molar-refractivity contribution in [2.24, 2.45) is 0 Å². The number of esters is 1. The Hall–Kier alpha value is -1.07. The molecule has 1 unspecified atom stereocenters. The summed E-state index contributed by atoms with van der Waals surface area (Å²) in [7, 11) is -4.63. The van der Waals surface area contributed by atoms with Gasteiger partial charge in [-0.25, -0.2) is 0 Å². The molecule has 0 saturated carbocycles. The first-order chi connectivity index (χ1) is 12.8. The van der Waals surface area contributed by atoms with E-state index in [2.05, 4.69) is 6.92 Å². The standard InChI is InChI=1S/C17H32O9S/c1-3-4-5-6-7-23-8-9-24-10-11-25-12-13-26-17(19)14-16(15(2)18)27(20,21)22/h16H,3-14H2,1-2H3,(H,20,21,22). The van der Waals surface area contributed by atoms with Gasteiger partial charge in [-0.1, -0.05) is 26.2 Å². The first-order valence-corrected chi connectivity index (χ1v) is 10.6. The fourth-order valence-electron chi connectivity index (χ4n) is 2.06. The molecule has 9 nitrogen and oxygen atoms in total. The van der Waals surface area contributed by atoms with E-state index in [-0.39, 0.29) is 13.2 Å². The van der Waals surface area contributed by atoms with Gasteiger partial charge in [-0.3, -0.25) is 14.1 Å². The predicted molar refractivity (Wildman–Crippen MR) is 98.2 cm³/mol. The minimum Gasteiger partial charge on any atom is -0.463 e. The summed E-state index contributed by atoms with van der Waals surface area (Å²) < 4.78 is 51.6. The lowest BCUT2D eigenvalue weighted by Crippen LogP contribution is -2.31. The molecule has 0 aliphatic carbocycles. The zero-order chi connectivity index (χ0) is 20.5. The number of ether oxygens (including phenoxy) is 4. The van der Waals surface area contributed by atoms with Crippen LogP contribution >= 0.6 is 0 Å². The van der Waals surface area contributed by atoms with Crippen molar-refractivity contribution in [3.63, 3.8) is 0 Å². The molecular formula is C17H32O9S. The van der Waals surface area contributed by atoms with Crippen LogP contribution in [0.2, 0.25) is 0 Å². The normalized spacial score (nSPS) is 12.7. The summed E-state index contributed by atoms with van der Waals surface area (Å²) >= 11 is 0. The highest BCUT2D eigenvalue weighted by molar-refractivity contribution is 7.87. The van der Waals surface area contributed by atoms with Crippen molar-refractivity contribution in [2.75, 3.05) is 46.2 Å². The Kier molecular flexibility index (Phi) is 15.3. The van der Waals surface area contributed by atoms with Crippen molar-refractivity contribution in [1.29, 1.82) is 0 Å². The zero-order valence-electron chi connectivity index (χ0n) is 16.2. The molecule has 0 radical (unpaired) electrons. The highest BCUT2D eigenvalue weighted by atomic mass is 32.2. The summed E-state index contributed by atoms with van der Waals surface area (Å²) in [5.74, 6) is -1.73.